The summed E-state index contributed by atoms with van der Waals surface area (Å²) in [5, 5.41) is 0. The van der Waals surface area contributed by atoms with Crippen molar-refractivity contribution in [3.8, 4) is 0 Å². The Morgan fingerprint density at radius 1 is 0.714 bits per heavy atom. The molecule has 7 heteroatoms. The third-order valence-corrected chi connectivity index (χ3v) is 0. The van der Waals surface area contributed by atoms with Gasteiger partial charge in [-0.3, -0.25) is 0 Å². The molecule has 0 aromatic rings. The van der Waals surface area contributed by atoms with Crippen molar-refractivity contribution in [3.05, 3.63) is 0 Å². The van der Waals surface area contributed by atoms with Crippen LogP contribution in [0, 0.1) is 0 Å². The fraction of sp³-hybridized carbons (Fsp3) is 0. The van der Waals surface area contributed by atoms with Crippen LogP contribution in [-0.4, -0.2) is 11.0 Å². The van der Waals surface area contributed by atoms with Crippen LogP contribution in [-0.2, 0) is 16.0 Å². The van der Waals surface area contributed by atoms with Crippen molar-refractivity contribution in [1.82, 2.24) is 0 Å². The molecular formula is H4F4O2V. The summed E-state index contributed by atoms with van der Waals surface area (Å²) in [6, 6.07) is 0. The van der Waals surface area contributed by atoms with Gasteiger partial charge in [0.1, 0.15) is 0 Å². The molecule has 0 fully saturated rings. The predicted octanol–water partition coefficient (Wildman–Crippen LogP) is 0.0289. The van der Waals surface area contributed by atoms with Crippen molar-refractivity contribution in [1.29, 1.82) is 0 Å². The standard InChI is InChI=1S/4FH.2H2O.V/h4*1H;2*1H2;/q;;;;;;+4/p-4. The van der Waals surface area contributed by atoms with Crippen molar-refractivity contribution < 1.29 is 40.5 Å². The average Bonchev–Trinajstić information content (AvgIpc) is 0.722. The van der Waals surface area contributed by atoms with E-state index in [4.69, 9.17) is 0 Å². The fourth-order valence-electron chi connectivity index (χ4n) is 0. The number of halogens is 4. The summed E-state index contributed by atoms with van der Waals surface area (Å²) >= 11 is -6.88. The molecule has 0 heterocycles. The zero-order valence-electron chi connectivity index (χ0n) is 2.96. The van der Waals surface area contributed by atoms with E-state index in [-0.39, 0.29) is 11.0 Å². The normalized spacial score (nSPS) is 8.57. The van der Waals surface area contributed by atoms with Crippen LogP contribution in [0.5, 0.6) is 0 Å². The van der Waals surface area contributed by atoms with E-state index < -0.39 is 16.0 Å². The first-order valence-corrected chi connectivity index (χ1v) is 2.79. The molecule has 49 valence electrons. The second-order valence-corrected chi connectivity index (χ2v) is 1.58. The van der Waals surface area contributed by atoms with Gasteiger partial charge in [0.25, 0.3) is 0 Å². The summed E-state index contributed by atoms with van der Waals surface area (Å²) in [7, 11) is 0. The topological polar surface area (TPSA) is 63.0 Å². The van der Waals surface area contributed by atoms with Crippen molar-refractivity contribution in [2.24, 2.45) is 0 Å². The van der Waals surface area contributed by atoms with Gasteiger partial charge in [-0.2, -0.15) is 0 Å². The van der Waals surface area contributed by atoms with E-state index >= 15 is 0 Å². The molecule has 0 amide bonds. The molecular weight excluding hydrogens is 159 g/mol. The van der Waals surface area contributed by atoms with Crippen LogP contribution in [0.15, 0.2) is 0 Å². The summed E-state index contributed by atoms with van der Waals surface area (Å²) in [6.07, 6.45) is 0. The second-order valence-electron chi connectivity index (χ2n) is 0.383. The van der Waals surface area contributed by atoms with Crippen molar-refractivity contribution in [2.75, 3.05) is 0 Å². The van der Waals surface area contributed by atoms with E-state index in [1.165, 1.54) is 0 Å². The SMILES string of the molecule is O.O.[F][V]([F])([F])[F]. The van der Waals surface area contributed by atoms with Gasteiger partial charge in [0.15, 0.2) is 0 Å². The van der Waals surface area contributed by atoms with Crippen LogP contribution in [0.1, 0.15) is 0 Å². The molecule has 0 saturated heterocycles. The molecule has 0 saturated carbocycles. The third kappa shape index (κ3) is 2210. The first-order chi connectivity index (χ1) is 2.00. The van der Waals surface area contributed by atoms with Gasteiger partial charge >= 0.3 is 29.6 Å². The minimum atomic E-state index is -6.88. The molecule has 2 nitrogen and oxygen atoms in total. The van der Waals surface area contributed by atoms with E-state index in [0.29, 0.717) is 0 Å². The van der Waals surface area contributed by atoms with Crippen LogP contribution >= 0.6 is 0 Å². The van der Waals surface area contributed by atoms with Crippen molar-refractivity contribution in [3.63, 3.8) is 0 Å². The molecule has 0 aliphatic carbocycles. The Morgan fingerprint density at radius 2 is 0.714 bits per heavy atom. The monoisotopic (exact) mass is 163 g/mol. The molecule has 0 radical (unpaired) electrons. The third-order valence-electron chi connectivity index (χ3n) is 0. The first kappa shape index (κ1) is 15.7. The van der Waals surface area contributed by atoms with Gasteiger partial charge in [0.2, 0.25) is 0 Å². The van der Waals surface area contributed by atoms with Gasteiger partial charge in [-0.15, -0.1) is 0 Å². The molecule has 0 aromatic heterocycles. The summed E-state index contributed by atoms with van der Waals surface area (Å²) in [4.78, 5) is 0. The van der Waals surface area contributed by atoms with Crippen LogP contribution in [0.3, 0.4) is 0 Å². The van der Waals surface area contributed by atoms with Crippen molar-refractivity contribution >= 4 is 0 Å². The van der Waals surface area contributed by atoms with Gasteiger partial charge < -0.3 is 11.0 Å². The van der Waals surface area contributed by atoms with Gasteiger partial charge in [-0.05, 0) is 0 Å². The molecule has 0 aromatic carbocycles. The second kappa shape index (κ2) is 4.39. The fourth-order valence-corrected chi connectivity index (χ4v) is 0. The average molecular weight is 163 g/mol. The number of hydrogen-bond acceptors (Lipinski definition) is 0. The number of hydrogen-bond donors (Lipinski definition) is 0. The van der Waals surface area contributed by atoms with Gasteiger partial charge in [-0.1, -0.05) is 0 Å². The van der Waals surface area contributed by atoms with Gasteiger partial charge in [0, 0.05) is 0 Å². The van der Waals surface area contributed by atoms with E-state index in [9.17, 15) is 13.6 Å². The minimum absolute atomic E-state index is 0. The molecule has 0 bridgehead atoms. The van der Waals surface area contributed by atoms with E-state index in [2.05, 4.69) is 0 Å². The van der Waals surface area contributed by atoms with Crippen LogP contribution in [0.25, 0.3) is 0 Å². The predicted molar refractivity (Wildman–Crippen MR) is 11.7 cm³/mol. The van der Waals surface area contributed by atoms with Gasteiger partial charge in [-0.25, -0.2) is 0 Å². The molecule has 0 aliphatic heterocycles. The van der Waals surface area contributed by atoms with Crippen LogP contribution in [0.4, 0.5) is 13.6 Å². The Balaban J connectivity index is -0.0000000800. The first-order valence-electron chi connectivity index (χ1n) is 0.676. The summed E-state index contributed by atoms with van der Waals surface area (Å²) in [5.74, 6) is 0. The molecule has 0 spiro atoms. The summed E-state index contributed by atoms with van der Waals surface area (Å²) < 4.78 is 39.4. The Bertz CT molecular complexity index is 25.2. The van der Waals surface area contributed by atoms with Gasteiger partial charge in [0.05, 0.1) is 0 Å². The summed E-state index contributed by atoms with van der Waals surface area (Å²) in [5.41, 5.74) is 0. The Morgan fingerprint density at radius 3 is 0.714 bits per heavy atom. The van der Waals surface area contributed by atoms with Crippen LogP contribution in [0.2, 0.25) is 0 Å². The molecule has 0 atom stereocenters. The van der Waals surface area contributed by atoms with E-state index in [0.717, 1.165) is 0 Å². The maximum atomic E-state index is 9.86. The van der Waals surface area contributed by atoms with Crippen LogP contribution < -0.4 is 0 Å². The molecule has 0 aliphatic rings. The quantitative estimate of drug-likeness (QED) is 0.452. The maximum absolute atomic E-state index is 9.86. The van der Waals surface area contributed by atoms with Crippen molar-refractivity contribution in [2.45, 2.75) is 0 Å². The molecule has 7 heavy (non-hydrogen) atoms. The molecule has 0 rings (SSSR count). The Hall–Kier alpha value is 0.224. The summed E-state index contributed by atoms with van der Waals surface area (Å²) in [6.45, 7) is 0. The Labute approximate surface area is 41.5 Å². The molecule has 4 N–H and O–H groups in total. The number of rotatable bonds is 0. The van der Waals surface area contributed by atoms with E-state index in [1.807, 2.05) is 0 Å². The van der Waals surface area contributed by atoms with E-state index in [1.54, 1.807) is 0 Å². The zero-order chi connectivity index (χ0) is 4.50. The Kier molecular flexibility index (Phi) is 9.83. The molecule has 0 unspecified atom stereocenters. The zero-order valence-corrected chi connectivity index (χ0v) is 4.36.